The van der Waals surface area contributed by atoms with Crippen molar-refractivity contribution in [2.45, 2.75) is 13.5 Å². The van der Waals surface area contributed by atoms with Gasteiger partial charge in [-0.25, -0.2) is 9.97 Å². The first kappa shape index (κ1) is 18.2. The maximum Gasteiger partial charge on any atom is 0.308 e. The molecule has 0 atom stereocenters. The van der Waals surface area contributed by atoms with Gasteiger partial charge in [0.25, 0.3) is 0 Å². The molecule has 0 saturated carbocycles. The van der Waals surface area contributed by atoms with E-state index < -0.39 is 0 Å². The number of phenolic OH excluding ortho intramolecular Hbond substituents is 1. The number of fused-ring (bicyclic) bond motifs is 1. The van der Waals surface area contributed by atoms with E-state index in [9.17, 15) is 9.90 Å². The molecule has 0 aliphatic carbocycles. The Morgan fingerprint density at radius 2 is 1.82 bits per heavy atom. The molecule has 7 nitrogen and oxygen atoms in total. The van der Waals surface area contributed by atoms with E-state index in [1.807, 2.05) is 24.3 Å². The summed E-state index contributed by atoms with van der Waals surface area (Å²) in [5.74, 6) is 1.13. The summed E-state index contributed by atoms with van der Waals surface area (Å²) in [6.45, 7) is 5.34. The molecule has 1 fully saturated rings. The molecule has 1 aliphatic heterocycles. The van der Waals surface area contributed by atoms with E-state index in [1.165, 1.54) is 6.92 Å². The maximum atomic E-state index is 11.3. The van der Waals surface area contributed by atoms with E-state index in [0.717, 1.165) is 48.5 Å². The largest absolute Gasteiger partial charge is 0.508 e. The number of carbonyl (C=O) groups excluding carboxylic acids is 1. The number of esters is 1. The number of aromatic hydroxyl groups is 1. The lowest BCUT2D eigenvalue weighted by Crippen LogP contribution is -2.46. The lowest BCUT2D eigenvalue weighted by molar-refractivity contribution is -0.131. The number of ether oxygens (including phenoxy) is 1. The Balaban J connectivity index is 1.53. The third-order valence-corrected chi connectivity index (χ3v) is 4.93. The van der Waals surface area contributed by atoms with Crippen molar-refractivity contribution in [3.63, 3.8) is 0 Å². The minimum Gasteiger partial charge on any atom is -0.508 e. The zero-order valence-corrected chi connectivity index (χ0v) is 15.7. The van der Waals surface area contributed by atoms with Gasteiger partial charge in [0.05, 0.1) is 0 Å². The second-order valence-electron chi connectivity index (χ2n) is 6.85. The first-order valence-electron chi connectivity index (χ1n) is 9.27. The van der Waals surface area contributed by atoms with Crippen LogP contribution in [0.1, 0.15) is 12.5 Å². The van der Waals surface area contributed by atoms with Crippen molar-refractivity contribution in [1.29, 1.82) is 0 Å². The van der Waals surface area contributed by atoms with Gasteiger partial charge in [-0.3, -0.25) is 9.69 Å². The fourth-order valence-corrected chi connectivity index (χ4v) is 3.53. The molecule has 1 aromatic heterocycles. The van der Waals surface area contributed by atoms with Crippen LogP contribution in [0, 0.1) is 0 Å². The molecule has 3 aromatic rings. The third-order valence-electron chi connectivity index (χ3n) is 4.93. The second-order valence-corrected chi connectivity index (χ2v) is 6.85. The van der Waals surface area contributed by atoms with Crippen molar-refractivity contribution in [1.82, 2.24) is 14.9 Å². The molecule has 0 bridgehead atoms. The Hall–Kier alpha value is -3.19. The summed E-state index contributed by atoms with van der Waals surface area (Å²) in [5.41, 5.74) is 0.843. The van der Waals surface area contributed by atoms with Gasteiger partial charge in [0.15, 0.2) is 0 Å². The van der Waals surface area contributed by atoms with E-state index in [0.29, 0.717) is 12.3 Å². The summed E-state index contributed by atoms with van der Waals surface area (Å²) in [5, 5.41) is 12.4. The van der Waals surface area contributed by atoms with Gasteiger partial charge in [-0.1, -0.05) is 12.1 Å². The molecule has 0 radical (unpaired) electrons. The third kappa shape index (κ3) is 3.89. The van der Waals surface area contributed by atoms with Crippen molar-refractivity contribution in [3.8, 4) is 11.5 Å². The lowest BCUT2D eigenvalue weighted by Gasteiger charge is -2.34. The minimum atomic E-state index is -0.361. The van der Waals surface area contributed by atoms with E-state index >= 15 is 0 Å². The van der Waals surface area contributed by atoms with Crippen LogP contribution in [0.3, 0.4) is 0 Å². The van der Waals surface area contributed by atoms with Crippen LogP contribution in [0.25, 0.3) is 10.8 Å². The lowest BCUT2D eigenvalue weighted by atomic mass is 10.0. The summed E-state index contributed by atoms with van der Waals surface area (Å²) in [6, 6.07) is 10.9. The van der Waals surface area contributed by atoms with Gasteiger partial charge in [-0.15, -0.1) is 0 Å². The van der Waals surface area contributed by atoms with Gasteiger partial charge >= 0.3 is 5.97 Å². The molecule has 1 aliphatic rings. The highest BCUT2D eigenvalue weighted by Crippen LogP contribution is 2.31. The predicted molar refractivity (Wildman–Crippen MR) is 106 cm³/mol. The Kier molecular flexibility index (Phi) is 5.08. The number of carbonyl (C=O) groups is 1. The number of benzene rings is 2. The standard InChI is InChI=1S/C21H22N4O3/c1-15(26)28-17-5-3-16-4-6-20(27)19(18(16)13-17)14-24-9-11-25(12-10-24)21-22-7-2-8-23-21/h2-8,13,27H,9-12,14H2,1H3. The van der Waals surface area contributed by atoms with E-state index in [4.69, 9.17) is 4.74 Å². The van der Waals surface area contributed by atoms with Gasteiger partial charge in [0, 0.05) is 57.6 Å². The van der Waals surface area contributed by atoms with Gasteiger partial charge in [0.1, 0.15) is 11.5 Å². The molecular weight excluding hydrogens is 356 g/mol. The number of nitrogens with zero attached hydrogens (tertiary/aromatic N) is 4. The first-order valence-corrected chi connectivity index (χ1v) is 9.27. The molecule has 1 saturated heterocycles. The predicted octanol–water partition coefficient (Wildman–Crippen LogP) is 2.58. The van der Waals surface area contributed by atoms with Crippen LogP contribution in [-0.4, -0.2) is 52.1 Å². The average molecular weight is 378 g/mol. The number of phenols is 1. The van der Waals surface area contributed by atoms with Crippen molar-refractivity contribution >= 4 is 22.7 Å². The number of piperazine rings is 1. The smallest absolute Gasteiger partial charge is 0.308 e. The van der Waals surface area contributed by atoms with Crippen molar-refractivity contribution in [2.24, 2.45) is 0 Å². The molecule has 1 N–H and O–H groups in total. The number of hydrogen-bond acceptors (Lipinski definition) is 7. The molecule has 28 heavy (non-hydrogen) atoms. The number of anilines is 1. The minimum absolute atomic E-state index is 0.251. The van der Waals surface area contributed by atoms with Crippen molar-refractivity contribution in [3.05, 3.63) is 54.4 Å². The summed E-state index contributed by atoms with van der Waals surface area (Å²) in [7, 11) is 0. The SMILES string of the molecule is CC(=O)Oc1ccc2ccc(O)c(CN3CCN(c4ncccn4)CC3)c2c1. The highest BCUT2D eigenvalue weighted by atomic mass is 16.5. The summed E-state index contributed by atoms with van der Waals surface area (Å²) in [6.07, 6.45) is 3.51. The van der Waals surface area contributed by atoms with Crippen LogP contribution in [-0.2, 0) is 11.3 Å². The highest BCUT2D eigenvalue weighted by Gasteiger charge is 2.20. The molecule has 2 aromatic carbocycles. The second kappa shape index (κ2) is 7.82. The molecular formula is C21H22N4O3. The Bertz CT molecular complexity index is 986. The van der Waals surface area contributed by atoms with Gasteiger partial charge < -0.3 is 14.7 Å². The zero-order chi connectivity index (χ0) is 19.5. The van der Waals surface area contributed by atoms with E-state index in [-0.39, 0.29) is 11.7 Å². The Morgan fingerprint density at radius 3 is 2.54 bits per heavy atom. The molecule has 144 valence electrons. The Morgan fingerprint density at radius 1 is 1.11 bits per heavy atom. The van der Waals surface area contributed by atoms with Crippen LogP contribution in [0.4, 0.5) is 5.95 Å². The van der Waals surface area contributed by atoms with Gasteiger partial charge in [-0.05, 0) is 35.0 Å². The van der Waals surface area contributed by atoms with Gasteiger partial charge in [-0.2, -0.15) is 0 Å². The van der Waals surface area contributed by atoms with Gasteiger partial charge in [0.2, 0.25) is 5.95 Å². The highest BCUT2D eigenvalue weighted by molar-refractivity contribution is 5.89. The van der Waals surface area contributed by atoms with Crippen molar-refractivity contribution < 1.29 is 14.6 Å². The molecule has 0 amide bonds. The Labute approximate surface area is 163 Å². The van der Waals surface area contributed by atoms with Crippen LogP contribution in [0.2, 0.25) is 0 Å². The number of rotatable bonds is 4. The molecule has 7 heteroatoms. The maximum absolute atomic E-state index is 11.3. The molecule has 0 unspecified atom stereocenters. The van der Waals surface area contributed by atoms with E-state index in [1.54, 1.807) is 24.5 Å². The van der Waals surface area contributed by atoms with Crippen LogP contribution < -0.4 is 9.64 Å². The molecule has 0 spiro atoms. The number of hydrogen-bond donors (Lipinski definition) is 1. The first-order chi connectivity index (χ1) is 13.6. The number of aromatic nitrogens is 2. The zero-order valence-electron chi connectivity index (χ0n) is 15.7. The van der Waals surface area contributed by atoms with Crippen LogP contribution in [0.15, 0.2) is 48.8 Å². The monoisotopic (exact) mass is 378 g/mol. The normalized spacial score (nSPS) is 15.0. The topological polar surface area (TPSA) is 78.8 Å². The quantitative estimate of drug-likeness (QED) is 0.552. The fourth-order valence-electron chi connectivity index (χ4n) is 3.53. The molecule has 4 rings (SSSR count). The average Bonchev–Trinajstić information content (AvgIpc) is 2.71. The van der Waals surface area contributed by atoms with Crippen LogP contribution in [0.5, 0.6) is 11.5 Å². The van der Waals surface area contributed by atoms with Crippen LogP contribution >= 0.6 is 0 Å². The van der Waals surface area contributed by atoms with E-state index in [2.05, 4.69) is 19.8 Å². The fraction of sp³-hybridized carbons (Fsp3) is 0.286. The van der Waals surface area contributed by atoms with Crippen molar-refractivity contribution in [2.75, 3.05) is 31.1 Å². The summed E-state index contributed by atoms with van der Waals surface area (Å²) >= 11 is 0. The summed E-state index contributed by atoms with van der Waals surface area (Å²) in [4.78, 5) is 24.4. The molecule has 2 heterocycles. The summed E-state index contributed by atoms with van der Waals surface area (Å²) < 4.78 is 5.22.